The summed E-state index contributed by atoms with van der Waals surface area (Å²) in [6, 6.07) is 0. The van der Waals surface area contributed by atoms with Crippen LogP contribution in [0.2, 0.25) is 0 Å². The Balaban J connectivity index is 1.77. The zero-order valence-corrected chi connectivity index (χ0v) is 9.98. The third-order valence-electron chi connectivity index (χ3n) is 3.39. The first-order valence-corrected chi connectivity index (χ1v) is 6.02. The van der Waals surface area contributed by atoms with Gasteiger partial charge < -0.3 is 15.0 Å². The number of hydrogen-bond donors (Lipinski definition) is 1. The Bertz CT molecular complexity index is 329. The van der Waals surface area contributed by atoms with Gasteiger partial charge in [-0.3, -0.25) is 0 Å². The molecule has 0 atom stereocenters. The maximum Gasteiger partial charge on any atom is 0.134 e. The molecular weight excluding hydrogens is 202 g/mol. The second-order valence-corrected chi connectivity index (χ2v) is 4.87. The van der Waals surface area contributed by atoms with Crippen LogP contribution in [0.25, 0.3) is 0 Å². The molecule has 0 spiro atoms. The quantitative estimate of drug-likeness (QED) is 0.843. The molecule has 1 aromatic rings. The Morgan fingerprint density at radius 2 is 2.19 bits per heavy atom. The van der Waals surface area contributed by atoms with Crippen molar-refractivity contribution in [2.24, 2.45) is 12.8 Å². The molecule has 1 aromatic heterocycles. The Morgan fingerprint density at radius 3 is 2.81 bits per heavy atom. The van der Waals surface area contributed by atoms with E-state index in [2.05, 4.69) is 4.98 Å². The lowest BCUT2D eigenvalue weighted by Crippen LogP contribution is -2.46. The standard InChI is InChI=1S/C12H21N3O/c1-15-8-7-14-11(15)9-16-10-12(13)5-3-2-4-6-12/h7-8H,2-6,9-10,13H2,1H3. The number of rotatable bonds is 4. The van der Waals surface area contributed by atoms with E-state index in [-0.39, 0.29) is 5.54 Å². The lowest BCUT2D eigenvalue weighted by Gasteiger charge is -2.32. The van der Waals surface area contributed by atoms with Crippen molar-refractivity contribution in [1.82, 2.24) is 9.55 Å². The van der Waals surface area contributed by atoms with Crippen molar-refractivity contribution in [3.8, 4) is 0 Å². The second kappa shape index (κ2) is 4.97. The summed E-state index contributed by atoms with van der Waals surface area (Å²) in [5.41, 5.74) is 6.19. The van der Waals surface area contributed by atoms with Crippen molar-refractivity contribution < 1.29 is 4.74 Å². The number of aromatic nitrogens is 2. The molecule has 4 nitrogen and oxygen atoms in total. The Labute approximate surface area is 96.8 Å². The average Bonchev–Trinajstić information content (AvgIpc) is 2.65. The molecule has 0 radical (unpaired) electrons. The van der Waals surface area contributed by atoms with Gasteiger partial charge in [0.05, 0.1) is 6.61 Å². The Kier molecular flexibility index (Phi) is 3.61. The normalized spacial score (nSPS) is 19.9. The van der Waals surface area contributed by atoms with E-state index in [4.69, 9.17) is 10.5 Å². The third kappa shape index (κ3) is 2.83. The van der Waals surface area contributed by atoms with Gasteiger partial charge >= 0.3 is 0 Å². The van der Waals surface area contributed by atoms with Crippen molar-refractivity contribution in [3.63, 3.8) is 0 Å². The minimum Gasteiger partial charge on any atom is -0.372 e. The summed E-state index contributed by atoms with van der Waals surface area (Å²) in [5.74, 6) is 0.958. The van der Waals surface area contributed by atoms with E-state index in [1.165, 1.54) is 19.3 Å². The number of aryl methyl sites for hydroxylation is 1. The average molecular weight is 223 g/mol. The van der Waals surface area contributed by atoms with Gasteiger partial charge in [0.25, 0.3) is 0 Å². The van der Waals surface area contributed by atoms with Gasteiger partial charge in [-0.15, -0.1) is 0 Å². The molecule has 16 heavy (non-hydrogen) atoms. The van der Waals surface area contributed by atoms with Crippen LogP contribution in [0.3, 0.4) is 0 Å². The van der Waals surface area contributed by atoms with E-state index >= 15 is 0 Å². The number of ether oxygens (including phenoxy) is 1. The minimum absolute atomic E-state index is 0.0938. The molecule has 2 rings (SSSR count). The molecule has 0 saturated heterocycles. The van der Waals surface area contributed by atoms with Gasteiger partial charge in [0.2, 0.25) is 0 Å². The largest absolute Gasteiger partial charge is 0.372 e. The molecule has 0 aliphatic heterocycles. The fraction of sp³-hybridized carbons (Fsp3) is 0.750. The summed E-state index contributed by atoms with van der Waals surface area (Å²) in [6.07, 6.45) is 9.69. The van der Waals surface area contributed by atoms with Crippen LogP contribution >= 0.6 is 0 Å². The predicted molar refractivity (Wildman–Crippen MR) is 62.9 cm³/mol. The fourth-order valence-corrected chi connectivity index (χ4v) is 2.28. The summed E-state index contributed by atoms with van der Waals surface area (Å²) in [4.78, 5) is 4.22. The first-order chi connectivity index (χ1) is 7.70. The first-order valence-electron chi connectivity index (χ1n) is 6.02. The van der Waals surface area contributed by atoms with Crippen LogP contribution in [0.1, 0.15) is 37.9 Å². The lowest BCUT2D eigenvalue weighted by molar-refractivity contribution is 0.0529. The van der Waals surface area contributed by atoms with Crippen molar-refractivity contribution in [2.45, 2.75) is 44.2 Å². The molecule has 0 amide bonds. The number of nitrogens with two attached hydrogens (primary N) is 1. The van der Waals surface area contributed by atoms with Crippen LogP contribution in [0, 0.1) is 0 Å². The van der Waals surface area contributed by atoms with Crippen LogP contribution in [-0.4, -0.2) is 21.7 Å². The summed E-state index contributed by atoms with van der Waals surface area (Å²) < 4.78 is 7.67. The van der Waals surface area contributed by atoms with Crippen LogP contribution in [0.4, 0.5) is 0 Å². The lowest BCUT2D eigenvalue weighted by atomic mass is 9.83. The van der Waals surface area contributed by atoms with Crippen LogP contribution in [-0.2, 0) is 18.4 Å². The second-order valence-electron chi connectivity index (χ2n) is 4.87. The first kappa shape index (κ1) is 11.6. The van der Waals surface area contributed by atoms with Crippen LogP contribution < -0.4 is 5.73 Å². The number of imidazole rings is 1. The predicted octanol–water partition coefficient (Wildman–Crippen LogP) is 1.60. The van der Waals surface area contributed by atoms with E-state index in [9.17, 15) is 0 Å². The van der Waals surface area contributed by atoms with Crippen LogP contribution in [0.5, 0.6) is 0 Å². The topological polar surface area (TPSA) is 53.1 Å². The molecule has 0 bridgehead atoms. The molecule has 0 aromatic carbocycles. The molecule has 1 aliphatic rings. The van der Waals surface area contributed by atoms with E-state index < -0.39 is 0 Å². The zero-order chi connectivity index (χ0) is 11.4. The van der Waals surface area contributed by atoms with Gasteiger partial charge in [0.15, 0.2) is 0 Å². The highest BCUT2D eigenvalue weighted by molar-refractivity contribution is 4.90. The Morgan fingerprint density at radius 1 is 1.44 bits per heavy atom. The smallest absolute Gasteiger partial charge is 0.134 e. The van der Waals surface area contributed by atoms with Crippen LogP contribution in [0.15, 0.2) is 12.4 Å². The molecule has 1 fully saturated rings. The van der Waals surface area contributed by atoms with Crippen molar-refractivity contribution >= 4 is 0 Å². The van der Waals surface area contributed by atoms with Crippen molar-refractivity contribution in [3.05, 3.63) is 18.2 Å². The summed E-state index contributed by atoms with van der Waals surface area (Å²) in [6.45, 7) is 1.21. The summed E-state index contributed by atoms with van der Waals surface area (Å²) in [7, 11) is 1.98. The highest BCUT2D eigenvalue weighted by Crippen LogP contribution is 2.26. The van der Waals surface area contributed by atoms with Gasteiger partial charge in [-0.1, -0.05) is 19.3 Å². The molecule has 1 saturated carbocycles. The van der Waals surface area contributed by atoms with Gasteiger partial charge in [-0.05, 0) is 12.8 Å². The maximum absolute atomic E-state index is 6.28. The van der Waals surface area contributed by atoms with Gasteiger partial charge in [-0.25, -0.2) is 4.98 Å². The van der Waals surface area contributed by atoms with E-state index in [1.54, 1.807) is 6.20 Å². The third-order valence-corrected chi connectivity index (χ3v) is 3.39. The number of hydrogen-bond acceptors (Lipinski definition) is 3. The van der Waals surface area contributed by atoms with E-state index in [0.29, 0.717) is 13.2 Å². The Hall–Kier alpha value is -0.870. The molecule has 1 heterocycles. The highest BCUT2D eigenvalue weighted by atomic mass is 16.5. The van der Waals surface area contributed by atoms with Gasteiger partial charge in [-0.2, -0.15) is 0 Å². The molecule has 1 aliphatic carbocycles. The van der Waals surface area contributed by atoms with Gasteiger partial charge in [0, 0.05) is 25.0 Å². The zero-order valence-electron chi connectivity index (χ0n) is 9.98. The van der Waals surface area contributed by atoms with Crippen molar-refractivity contribution in [2.75, 3.05) is 6.61 Å². The monoisotopic (exact) mass is 223 g/mol. The molecule has 4 heteroatoms. The molecular formula is C12H21N3O. The maximum atomic E-state index is 6.28. The summed E-state index contributed by atoms with van der Waals surface area (Å²) >= 11 is 0. The van der Waals surface area contributed by atoms with E-state index in [0.717, 1.165) is 18.7 Å². The van der Waals surface area contributed by atoms with Crippen molar-refractivity contribution in [1.29, 1.82) is 0 Å². The highest BCUT2D eigenvalue weighted by Gasteiger charge is 2.27. The molecule has 90 valence electrons. The summed E-state index contributed by atoms with van der Waals surface area (Å²) in [5, 5.41) is 0. The van der Waals surface area contributed by atoms with Gasteiger partial charge in [0.1, 0.15) is 12.4 Å². The van der Waals surface area contributed by atoms with E-state index in [1.807, 2.05) is 17.8 Å². The fourth-order valence-electron chi connectivity index (χ4n) is 2.28. The molecule has 0 unspecified atom stereocenters. The molecule has 2 N–H and O–H groups in total. The minimum atomic E-state index is -0.0938. The number of nitrogens with zero attached hydrogens (tertiary/aromatic N) is 2. The SMILES string of the molecule is Cn1ccnc1COCC1(N)CCCCC1.